The van der Waals surface area contributed by atoms with Crippen LogP contribution in [0.5, 0.6) is 0 Å². The minimum atomic E-state index is -0.714. The summed E-state index contributed by atoms with van der Waals surface area (Å²) in [6.45, 7) is 2.35. The molecule has 4 heteroatoms. The van der Waals surface area contributed by atoms with E-state index in [1.54, 1.807) is 5.57 Å². The van der Waals surface area contributed by atoms with E-state index < -0.39 is 6.29 Å². The lowest BCUT2D eigenvalue weighted by Gasteiger charge is -2.57. The van der Waals surface area contributed by atoms with Gasteiger partial charge < -0.3 is 15.1 Å². The number of ether oxygens (including phenoxy) is 1. The van der Waals surface area contributed by atoms with E-state index in [4.69, 9.17) is 4.74 Å². The molecule has 9 atom stereocenters. The van der Waals surface area contributed by atoms with Gasteiger partial charge in [0, 0.05) is 5.41 Å². The summed E-state index contributed by atoms with van der Waals surface area (Å²) in [5.41, 5.74) is 2.50. The van der Waals surface area contributed by atoms with E-state index in [9.17, 15) is 10.3 Å². The quantitative estimate of drug-likeness (QED) is 0.412. The second-order valence-corrected chi connectivity index (χ2v) is 10.1. The van der Waals surface area contributed by atoms with Gasteiger partial charge in [0.25, 0.3) is 0 Å². The summed E-state index contributed by atoms with van der Waals surface area (Å²) in [7, 11) is 0. The van der Waals surface area contributed by atoms with E-state index >= 15 is 0 Å². The highest BCUT2D eigenvalue weighted by Crippen LogP contribution is 2.73. The van der Waals surface area contributed by atoms with Crippen LogP contribution in [0.3, 0.4) is 0 Å². The van der Waals surface area contributed by atoms with Gasteiger partial charge in [-0.2, -0.15) is 0 Å². The molecule has 4 saturated carbocycles. The molecule has 0 saturated heterocycles. The molecule has 27 heavy (non-hydrogen) atoms. The van der Waals surface area contributed by atoms with E-state index in [-0.39, 0.29) is 11.0 Å². The van der Waals surface area contributed by atoms with Gasteiger partial charge in [-0.15, -0.1) is 0 Å². The summed E-state index contributed by atoms with van der Waals surface area (Å²) < 4.78 is 6.23. The molecule has 0 amide bonds. The van der Waals surface area contributed by atoms with Crippen LogP contribution in [0.15, 0.2) is 29.0 Å². The Bertz CT molecular complexity index is 757. The minimum Gasteiger partial charge on any atom is -0.411 e. The molecule has 6 rings (SSSR count). The van der Waals surface area contributed by atoms with Crippen molar-refractivity contribution >= 4 is 5.71 Å². The largest absolute Gasteiger partial charge is 0.411 e. The molecular weight excluding hydrogens is 338 g/mol. The fourth-order valence-corrected chi connectivity index (χ4v) is 8.65. The molecular formula is C23H31NO3. The molecule has 0 aromatic heterocycles. The first-order valence-electron chi connectivity index (χ1n) is 11.1. The van der Waals surface area contributed by atoms with Gasteiger partial charge in [-0.05, 0) is 99.0 Å². The highest BCUT2D eigenvalue weighted by atomic mass is 16.6. The summed E-state index contributed by atoms with van der Waals surface area (Å²) in [4.78, 5) is 0. The van der Waals surface area contributed by atoms with Gasteiger partial charge in [-0.25, -0.2) is 0 Å². The normalized spacial score (nSPS) is 56.4. The van der Waals surface area contributed by atoms with Gasteiger partial charge >= 0.3 is 0 Å². The third-order valence-electron chi connectivity index (χ3n) is 9.63. The van der Waals surface area contributed by atoms with E-state index in [1.807, 2.05) is 6.08 Å². The van der Waals surface area contributed by atoms with Crippen LogP contribution in [0.4, 0.5) is 0 Å². The molecule has 6 aliphatic rings. The number of nitrogens with zero attached hydrogens (tertiary/aromatic N) is 1. The van der Waals surface area contributed by atoms with E-state index in [2.05, 4.69) is 24.2 Å². The van der Waals surface area contributed by atoms with E-state index in [0.717, 1.165) is 54.6 Å². The van der Waals surface area contributed by atoms with Crippen molar-refractivity contribution in [3.05, 3.63) is 23.8 Å². The van der Waals surface area contributed by atoms with Crippen molar-refractivity contribution in [1.82, 2.24) is 0 Å². The number of allylic oxidation sites excluding steroid dienone is 2. The fraction of sp³-hybridized carbons (Fsp3) is 0.783. The molecule has 4 fully saturated rings. The lowest BCUT2D eigenvalue weighted by molar-refractivity contribution is -0.188. The number of hydrogen-bond acceptors (Lipinski definition) is 4. The molecule has 0 bridgehead atoms. The highest BCUT2D eigenvalue weighted by Gasteiger charge is 2.69. The van der Waals surface area contributed by atoms with Crippen LogP contribution < -0.4 is 0 Å². The van der Waals surface area contributed by atoms with Crippen LogP contribution in [-0.2, 0) is 4.74 Å². The van der Waals surface area contributed by atoms with Gasteiger partial charge in [0.1, 0.15) is 0 Å². The molecule has 0 aromatic rings. The molecule has 0 radical (unpaired) electrons. The van der Waals surface area contributed by atoms with Crippen LogP contribution in [-0.4, -0.2) is 27.9 Å². The Labute approximate surface area is 161 Å². The summed E-state index contributed by atoms with van der Waals surface area (Å²) in [5.74, 6) is 4.64. The summed E-state index contributed by atoms with van der Waals surface area (Å²) >= 11 is 0. The standard InChI is InChI=1S/C23H31NO3/c1-2-22-8-5-15-14-4-3-13(24-26)11-16(14)17-12-18(17)21(15)19(22)6-9-23(22)10-7-20(25)27-23/h7,10-11,14-15,17-21,25-26H,2-6,8-9,12H2,1H3/b24-13+/t14-,15?,17-,18-,19?,20?,21?,22+,23-/m1/s1. The van der Waals surface area contributed by atoms with Crippen molar-refractivity contribution in [2.24, 2.45) is 46.1 Å². The van der Waals surface area contributed by atoms with E-state index in [1.165, 1.54) is 32.1 Å². The average molecular weight is 370 g/mol. The SMILES string of the molecule is CC[C@]12CCC3C(C1CC[C@@]21C=CC(O)O1)[C@@H]1C[C@@H]1C1=C/C(=N/O)CC[C@@H]13. The van der Waals surface area contributed by atoms with Crippen LogP contribution in [0.2, 0.25) is 0 Å². The van der Waals surface area contributed by atoms with Crippen LogP contribution in [0.25, 0.3) is 0 Å². The third kappa shape index (κ3) is 1.99. The van der Waals surface area contributed by atoms with E-state index in [0.29, 0.717) is 5.92 Å². The molecule has 1 heterocycles. The zero-order valence-electron chi connectivity index (χ0n) is 16.2. The first-order valence-corrected chi connectivity index (χ1v) is 11.1. The lowest BCUT2D eigenvalue weighted by atomic mass is 9.49. The number of aliphatic hydroxyl groups is 1. The van der Waals surface area contributed by atoms with Crippen LogP contribution in [0.1, 0.15) is 58.3 Å². The topological polar surface area (TPSA) is 62.0 Å². The number of hydrogen-bond donors (Lipinski definition) is 2. The Hall–Kier alpha value is -1.13. The minimum absolute atomic E-state index is 0.211. The average Bonchev–Trinajstić information content (AvgIpc) is 3.32. The monoisotopic (exact) mass is 369 g/mol. The lowest BCUT2D eigenvalue weighted by Crippen LogP contribution is -2.54. The van der Waals surface area contributed by atoms with Gasteiger partial charge in [0.05, 0.1) is 11.3 Å². The van der Waals surface area contributed by atoms with Gasteiger partial charge in [0.2, 0.25) is 0 Å². The van der Waals surface area contributed by atoms with Crippen molar-refractivity contribution in [3.63, 3.8) is 0 Å². The molecule has 4 unspecified atom stereocenters. The second kappa shape index (κ2) is 5.48. The number of rotatable bonds is 1. The van der Waals surface area contributed by atoms with Crippen molar-refractivity contribution in [3.8, 4) is 0 Å². The first-order chi connectivity index (χ1) is 13.1. The zero-order chi connectivity index (χ0) is 18.4. The maximum Gasteiger partial charge on any atom is 0.175 e. The second-order valence-electron chi connectivity index (χ2n) is 10.1. The summed E-state index contributed by atoms with van der Waals surface area (Å²) in [6, 6.07) is 0. The third-order valence-corrected chi connectivity index (χ3v) is 9.63. The van der Waals surface area contributed by atoms with Crippen molar-refractivity contribution in [2.45, 2.75) is 70.2 Å². The summed E-state index contributed by atoms with van der Waals surface area (Å²) in [5, 5.41) is 22.9. The van der Waals surface area contributed by atoms with Crippen molar-refractivity contribution in [2.75, 3.05) is 0 Å². The Morgan fingerprint density at radius 1 is 1.19 bits per heavy atom. The molecule has 1 aliphatic heterocycles. The fourth-order valence-electron chi connectivity index (χ4n) is 8.65. The van der Waals surface area contributed by atoms with Crippen molar-refractivity contribution < 1.29 is 15.1 Å². The number of oxime groups is 1. The number of aliphatic hydroxyl groups excluding tert-OH is 1. The Balaban J connectivity index is 1.38. The first kappa shape index (κ1) is 16.8. The smallest absolute Gasteiger partial charge is 0.175 e. The van der Waals surface area contributed by atoms with Gasteiger partial charge in [0.15, 0.2) is 6.29 Å². The highest BCUT2D eigenvalue weighted by molar-refractivity contribution is 5.96. The zero-order valence-corrected chi connectivity index (χ0v) is 16.2. The molecule has 2 N–H and O–H groups in total. The summed E-state index contributed by atoms with van der Waals surface area (Å²) in [6.07, 6.45) is 15.1. The Kier molecular flexibility index (Phi) is 3.41. The predicted octanol–water partition coefficient (Wildman–Crippen LogP) is 4.28. The van der Waals surface area contributed by atoms with Gasteiger partial charge in [-0.1, -0.05) is 23.7 Å². The van der Waals surface area contributed by atoms with Crippen LogP contribution in [0, 0.1) is 40.9 Å². The molecule has 5 aliphatic carbocycles. The maximum absolute atomic E-state index is 10.1. The molecule has 4 nitrogen and oxygen atoms in total. The molecule has 1 spiro atoms. The number of fused-ring (bicyclic) bond motifs is 9. The van der Waals surface area contributed by atoms with Crippen molar-refractivity contribution in [1.29, 1.82) is 0 Å². The Morgan fingerprint density at radius 3 is 2.81 bits per heavy atom. The molecule has 0 aromatic carbocycles. The van der Waals surface area contributed by atoms with Gasteiger partial charge in [-0.3, -0.25) is 0 Å². The maximum atomic E-state index is 10.1. The predicted molar refractivity (Wildman–Crippen MR) is 102 cm³/mol. The Morgan fingerprint density at radius 2 is 2.07 bits per heavy atom. The van der Waals surface area contributed by atoms with Crippen LogP contribution >= 0.6 is 0 Å². The molecule has 146 valence electrons.